The van der Waals surface area contributed by atoms with E-state index in [0.717, 1.165) is 18.5 Å². The molecule has 0 spiro atoms. The molecule has 1 aromatic heterocycles. The maximum Gasteiger partial charge on any atom is 0.329 e. The van der Waals surface area contributed by atoms with Crippen LogP contribution in [0.2, 0.25) is 0 Å². The molecule has 6 nitrogen and oxygen atoms in total. The number of carbonyl (C=O) groups is 2. The van der Waals surface area contributed by atoms with Crippen molar-refractivity contribution in [2.75, 3.05) is 5.32 Å². The van der Waals surface area contributed by atoms with Crippen LogP contribution < -0.4 is 10.6 Å². The van der Waals surface area contributed by atoms with Gasteiger partial charge in [0.05, 0.1) is 5.69 Å². The quantitative estimate of drug-likeness (QED) is 0.777. The van der Waals surface area contributed by atoms with Crippen LogP contribution in [0.4, 0.5) is 9.93 Å². The van der Waals surface area contributed by atoms with E-state index >= 15 is 0 Å². The summed E-state index contributed by atoms with van der Waals surface area (Å²) in [4.78, 5) is 27.1. The average molecular weight is 269 g/mol. The first kappa shape index (κ1) is 12.8. The Morgan fingerprint density at radius 3 is 2.67 bits per heavy atom. The molecule has 7 heteroatoms. The van der Waals surface area contributed by atoms with Crippen molar-refractivity contribution in [3.63, 3.8) is 0 Å². The van der Waals surface area contributed by atoms with Crippen LogP contribution in [-0.4, -0.2) is 27.6 Å². The van der Waals surface area contributed by atoms with Gasteiger partial charge in [0.15, 0.2) is 5.13 Å². The van der Waals surface area contributed by atoms with Crippen LogP contribution in [0.5, 0.6) is 0 Å². The highest BCUT2D eigenvalue weighted by Crippen LogP contribution is 2.39. The fraction of sp³-hybridized carbons (Fsp3) is 0.545. The third-order valence-electron chi connectivity index (χ3n) is 3.05. The molecule has 98 valence electrons. The number of nitrogens with zero attached hydrogens (tertiary/aromatic N) is 1. The highest BCUT2D eigenvalue weighted by molar-refractivity contribution is 7.13. The second-order valence-corrected chi connectivity index (χ2v) is 5.51. The van der Waals surface area contributed by atoms with Gasteiger partial charge in [-0.1, -0.05) is 0 Å². The first-order valence-electron chi connectivity index (χ1n) is 5.66. The van der Waals surface area contributed by atoms with Gasteiger partial charge in [0.25, 0.3) is 0 Å². The fourth-order valence-corrected chi connectivity index (χ4v) is 2.45. The van der Waals surface area contributed by atoms with Crippen molar-refractivity contribution in [1.82, 2.24) is 10.3 Å². The number of aromatic nitrogens is 1. The number of carbonyl (C=O) groups excluding carboxylic acids is 1. The van der Waals surface area contributed by atoms with E-state index in [-0.39, 0.29) is 5.92 Å². The first-order chi connectivity index (χ1) is 8.41. The molecular formula is C11H15N3O3S. The standard InChI is InChI=1S/C11H15N3O3S/c1-6-5-18-10(12-6)13-9(17)14-11(2,8(15)16)7-3-4-7/h5,7H,3-4H2,1-2H3,(H,15,16)(H2,12,13,14,17). The maximum absolute atomic E-state index is 11.8. The smallest absolute Gasteiger partial charge is 0.329 e. The Labute approximate surface area is 108 Å². The van der Waals surface area contributed by atoms with Gasteiger partial charge in [-0.15, -0.1) is 11.3 Å². The number of anilines is 1. The van der Waals surface area contributed by atoms with E-state index in [0.29, 0.717) is 5.13 Å². The monoisotopic (exact) mass is 269 g/mol. The second-order valence-electron chi connectivity index (χ2n) is 4.65. The molecule has 18 heavy (non-hydrogen) atoms. The van der Waals surface area contributed by atoms with Crippen LogP contribution in [0.1, 0.15) is 25.5 Å². The van der Waals surface area contributed by atoms with Gasteiger partial charge >= 0.3 is 12.0 Å². The van der Waals surface area contributed by atoms with Crippen molar-refractivity contribution in [2.24, 2.45) is 5.92 Å². The van der Waals surface area contributed by atoms with Crippen LogP contribution in [0, 0.1) is 12.8 Å². The zero-order valence-corrected chi connectivity index (χ0v) is 11.0. The summed E-state index contributed by atoms with van der Waals surface area (Å²) in [6.45, 7) is 3.37. The number of hydrogen-bond acceptors (Lipinski definition) is 4. The summed E-state index contributed by atoms with van der Waals surface area (Å²) in [6.07, 6.45) is 1.67. The van der Waals surface area contributed by atoms with Crippen LogP contribution in [0.15, 0.2) is 5.38 Å². The minimum atomic E-state index is -1.20. The molecule has 1 heterocycles. The number of aryl methyl sites for hydroxylation is 1. The summed E-state index contributed by atoms with van der Waals surface area (Å²) < 4.78 is 0. The minimum Gasteiger partial charge on any atom is -0.480 e. The summed E-state index contributed by atoms with van der Waals surface area (Å²) in [7, 11) is 0. The number of carboxylic acids is 1. The lowest BCUT2D eigenvalue weighted by Crippen LogP contribution is -2.55. The Hall–Kier alpha value is -1.63. The van der Waals surface area contributed by atoms with Gasteiger partial charge in [-0.3, -0.25) is 5.32 Å². The highest BCUT2D eigenvalue weighted by atomic mass is 32.1. The molecule has 0 saturated heterocycles. The topological polar surface area (TPSA) is 91.3 Å². The predicted octanol–water partition coefficient (Wildman–Crippen LogP) is 1.83. The largest absolute Gasteiger partial charge is 0.480 e. The van der Waals surface area contributed by atoms with Gasteiger partial charge in [0.1, 0.15) is 5.54 Å². The van der Waals surface area contributed by atoms with Gasteiger partial charge in [-0.05, 0) is 32.6 Å². The van der Waals surface area contributed by atoms with Crippen LogP contribution in [0.25, 0.3) is 0 Å². The molecule has 2 rings (SSSR count). The summed E-state index contributed by atoms with van der Waals surface area (Å²) in [6, 6.07) is -0.527. The number of carboxylic acid groups (broad SMARTS) is 1. The van der Waals surface area contributed by atoms with Gasteiger partial charge in [0.2, 0.25) is 0 Å². The van der Waals surface area contributed by atoms with Crippen LogP contribution >= 0.6 is 11.3 Å². The summed E-state index contributed by atoms with van der Waals surface area (Å²) >= 11 is 1.31. The molecule has 1 aromatic rings. The second kappa shape index (κ2) is 4.56. The molecular weight excluding hydrogens is 254 g/mol. The summed E-state index contributed by atoms with van der Waals surface area (Å²) in [5.41, 5.74) is -0.380. The minimum absolute atomic E-state index is 0.0128. The third kappa shape index (κ3) is 2.61. The molecule has 0 aliphatic heterocycles. The summed E-state index contributed by atoms with van der Waals surface area (Å²) in [5, 5.41) is 16.6. The number of urea groups is 1. The molecule has 1 atom stereocenters. The molecule has 0 aromatic carbocycles. The molecule has 1 unspecified atom stereocenters. The van der Waals surface area contributed by atoms with E-state index in [4.69, 9.17) is 0 Å². The Morgan fingerprint density at radius 2 is 2.22 bits per heavy atom. The van der Waals surface area contributed by atoms with Gasteiger partial charge < -0.3 is 10.4 Å². The number of hydrogen-bond donors (Lipinski definition) is 3. The highest BCUT2D eigenvalue weighted by Gasteiger charge is 2.48. The van der Waals surface area contributed by atoms with E-state index in [2.05, 4.69) is 15.6 Å². The van der Waals surface area contributed by atoms with Crippen molar-refractivity contribution >= 4 is 28.5 Å². The van der Waals surface area contributed by atoms with E-state index in [9.17, 15) is 14.7 Å². The van der Waals surface area contributed by atoms with Crippen LogP contribution in [-0.2, 0) is 4.79 Å². The Balaban J connectivity index is 1.99. The molecule has 1 aliphatic carbocycles. The Kier molecular flexibility index (Phi) is 3.25. The molecule has 0 bridgehead atoms. The number of rotatable bonds is 4. The fourth-order valence-electron chi connectivity index (χ4n) is 1.77. The molecule has 3 N–H and O–H groups in total. The third-order valence-corrected chi connectivity index (χ3v) is 3.93. The van der Waals surface area contributed by atoms with Gasteiger partial charge in [0, 0.05) is 5.38 Å². The molecule has 2 amide bonds. The van der Waals surface area contributed by atoms with E-state index < -0.39 is 17.5 Å². The lowest BCUT2D eigenvalue weighted by atomic mass is 9.96. The van der Waals surface area contributed by atoms with E-state index in [1.807, 2.05) is 12.3 Å². The average Bonchev–Trinajstić information content (AvgIpc) is 3.04. The van der Waals surface area contributed by atoms with Crippen LogP contribution in [0.3, 0.4) is 0 Å². The van der Waals surface area contributed by atoms with Gasteiger partial charge in [-0.2, -0.15) is 0 Å². The van der Waals surface area contributed by atoms with E-state index in [1.165, 1.54) is 11.3 Å². The normalized spacial score (nSPS) is 17.9. The Morgan fingerprint density at radius 1 is 1.56 bits per heavy atom. The lowest BCUT2D eigenvalue weighted by molar-refractivity contribution is -0.144. The number of thiazole rings is 1. The van der Waals surface area contributed by atoms with Crippen molar-refractivity contribution in [3.8, 4) is 0 Å². The van der Waals surface area contributed by atoms with Crippen molar-refractivity contribution in [1.29, 1.82) is 0 Å². The zero-order chi connectivity index (χ0) is 13.3. The lowest BCUT2D eigenvalue weighted by Gasteiger charge is -2.25. The SMILES string of the molecule is Cc1csc(NC(=O)NC(C)(C(=O)O)C2CC2)n1. The van der Waals surface area contributed by atoms with Crippen molar-refractivity contribution < 1.29 is 14.7 Å². The zero-order valence-electron chi connectivity index (χ0n) is 10.2. The molecule has 1 saturated carbocycles. The molecule has 1 fully saturated rings. The van der Waals surface area contributed by atoms with E-state index in [1.54, 1.807) is 6.92 Å². The number of aliphatic carboxylic acids is 1. The molecule has 1 aliphatic rings. The first-order valence-corrected chi connectivity index (χ1v) is 6.54. The van der Waals surface area contributed by atoms with Crippen molar-refractivity contribution in [2.45, 2.75) is 32.2 Å². The molecule has 0 radical (unpaired) electrons. The van der Waals surface area contributed by atoms with Crippen molar-refractivity contribution in [3.05, 3.63) is 11.1 Å². The van der Waals surface area contributed by atoms with Gasteiger partial charge in [-0.25, -0.2) is 14.6 Å². The maximum atomic E-state index is 11.8. The Bertz CT molecular complexity index is 484. The summed E-state index contributed by atoms with van der Waals surface area (Å²) in [5.74, 6) is -0.991. The predicted molar refractivity (Wildman–Crippen MR) is 67.8 cm³/mol. The number of amides is 2. The number of nitrogens with one attached hydrogen (secondary N) is 2.